The van der Waals surface area contributed by atoms with Gasteiger partial charge in [0.25, 0.3) is 0 Å². The summed E-state index contributed by atoms with van der Waals surface area (Å²) in [4.78, 5) is 36.2. The number of hydrogen-bond acceptors (Lipinski definition) is 5. The molecule has 0 spiro atoms. The Morgan fingerprint density at radius 1 is 0.566 bits per heavy atom. The van der Waals surface area contributed by atoms with Gasteiger partial charge in [-0.15, -0.1) is 0 Å². The summed E-state index contributed by atoms with van der Waals surface area (Å²) in [5, 5.41) is 11.9. The zero-order valence-electron chi connectivity index (χ0n) is 34.6. The summed E-state index contributed by atoms with van der Waals surface area (Å²) in [7, 11) is 0. The molecule has 0 heterocycles. The van der Waals surface area contributed by atoms with Crippen LogP contribution in [0.25, 0.3) is 0 Å². The van der Waals surface area contributed by atoms with E-state index < -0.39 is 12.0 Å². The van der Waals surface area contributed by atoms with E-state index in [2.05, 4.69) is 55.6 Å². The summed E-state index contributed by atoms with van der Waals surface area (Å²) in [6, 6.07) is -0.857. The molecule has 0 aliphatic rings. The minimum absolute atomic E-state index is 0.0807. The van der Waals surface area contributed by atoms with Crippen molar-refractivity contribution in [3.8, 4) is 0 Å². The molecule has 2 unspecified atom stereocenters. The van der Waals surface area contributed by atoms with Crippen LogP contribution in [0.15, 0.2) is 36.5 Å². The topological polar surface area (TPSA) is 119 Å². The van der Waals surface area contributed by atoms with Crippen molar-refractivity contribution in [3.63, 3.8) is 0 Å². The van der Waals surface area contributed by atoms with Crippen molar-refractivity contribution in [2.24, 2.45) is 5.73 Å². The Balaban J connectivity index is 4.18. The average molecular weight is 745 g/mol. The monoisotopic (exact) mass is 745 g/mol. The summed E-state index contributed by atoms with van der Waals surface area (Å²) < 4.78 is 5.93. The van der Waals surface area contributed by atoms with Crippen LogP contribution in [0.1, 0.15) is 219 Å². The molecule has 0 aromatic heterocycles. The number of nitrogens with one attached hydrogen (secondary N) is 1. The fraction of sp³-hybridized carbons (Fsp3) is 0.804. The van der Waals surface area contributed by atoms with E-state index in [0.717, 1.165) is 77.0 Å². The van der Waals surface area contributed by atoms with Crippen molar-refractivity contribution in [3.05, 3.63) is 36.5 Å². The predicted molar refractivity (Wildman–Crippen MR) is 225 cm³/mol. The van der Waals surface area contributed by atoms with E-state index in [-0.39, 0.29) is 18.0 Å². The number of hydrogen-bond donors (Lipinski definition) is 3. The van der Waals surface area contributed by atoms with Crippen LogP contribution in [0.3, 0.4) is 0 Å². The third kappa shape index (κ3) is 37.7. The lowest BCUT2D eigenvalue weighted by molar-refractivity contribution is -0.147. The van der Waals surface area contributed by atoms with Crippen LogP contribution in [0, 0.1) is 0 Å². The van der Waals surface area contributed by atoms with Gasteiger partial charge in [-0.05, 0) is 70.4 Å². The Bertz CT molecular complexity index is 931. The normalized spacial score (nSPS) is 13.0. The van der Waals surface area contributed by atoms with Gasteiger partial charge in [0.2, 0.25) is 5.91 Å². The average Bonchev–Trinajstić information content (AvgIpc) is 3.14. The van der Waals surface area contributed by atoms with Gasteiger partial charge in [-0.3, -0.25) is 9.59 Å². The lowest BCUT2D eigenvalue weighted by Crippen LogP contribution is -2.40. The standard InChI is InChI=1S/C46H84N2O5/c1-3-5-7-9-11-13-14-15-16-17-18-19-20-21-22-24-30-34-40-45(50)53-42(36-31-27-23-12-10-8-6-4-2)37-32-28-25-26-29-33-39-44(49)48-43(46(51)52)38-35-41-47/h6,8,12,23,31,36,42-43H,3-5,7,9-11,13-22,24-30,32-35,37-41,47H2,1-2H3,(H,48,49)(H,51,52)/b8-6-,23-12-,36-31-. The molecule has 0 aliphatic heterocycles. The molecule has 0 saturated heterocycles. The molecule has 2 atom stereocenters. The number of carbonyl (C=O) groups excluding carboxylic acids is 2. The first-order valence-corrected chi connectivity index (χ1v) is 22.3. The number of unbranched alkanes of at least 4 members (excludes halogenated alkanes) is 22. The number of carboxylic acid groups (broad SMARTS) is 1. The van der Waals surface area contributed by atoms with E-state index in [1.54, 1.807) is 0 Å². The third-order valence-corrected chi connectivity index (χ3v) is 9.95. The number of esters is 1. The molecule has 0 fully saturated rings. The van der Waals surface area contributed by atoms with Crippen LogP contribution in [-0.4, -0.2) is 41.6 Å². The van der Waals surface area contributed by atoms with Crippen LogP contribution < -0.4 is 11.1 Å². The number of allylic oxidation sites excluding steroid dienone is 5. The van der Waals surface area contributed by atoms with Gasteiger partial charge in [0.1, 0.15) is 12.1 Å². The Kier molecular flexibility index (Phi) is 38.9. The van der Waals surface area contributed by atoms with Gasteiger partial charge < -0.3 is 20.9 Å². The molecule has 0 aliphatic carbocycles. The molecule has 1 amide bonds. The quantitative estimate of drug-likeness (QED) is 0.0326. The van der Waals surface area contributed by atoms with E-state index in [0.29, 0.717) is 32.2 Å². The zero-order valence-corrected chi connectivity index (χ0v) is 34.6. The molecule has 0 radical (unpaired) electrons. The van der Waals surface area contributed by atoms with Gasteiger partial charge in [0, 0.05) is 12.8 Å². The van der Waals surface area contributed by atoms with Gasteiger partial charge in [-0.25, -0.2) is 4.79 Å². The summed E-state index contributed by atoms with van der Waals surface area (Å²) in [5.41, 5.74) is 5.47. The van der Waals surface area contributed by atoms with Crippen molar-refractivity contribution >= 4 is 17.8 Å². The molecule has 0 aromatic rings. The summed E-state index contributed by atoms with van der Waals surface area (Å²) in [6.45, 7) is 4.83. The summed E-state index contributed by atoms with van der Waals surface area (Å²) >= 11 is 0. The Labute approximate surface area is 326 Å². The minimum atomic E-state index is -1.01. The second kappa shape index (κ2) is 40.8. The Morgan fingerprint density at radius 3 is 1.51 bits per heavy atom. The number of carbonyl (C=O) groups is 3. The van der Waals surface area contributed by atoms with E-state index in [4.69, 9.17) is 10.5 Å². The molecule has 0 saturated carbocycles. The molecule has 308 valence electrons. The number of nitrogens with two attached hydrogens (primary N) is 1. The largest absolute Gasteiger partial charge is 0.480 e. The first-order chi connectivity index (χ1) is 25.9. The van der Waals surface area contributed by atoms with Crippen molar-refractivity contribution in [1.29, 1.82) is 0 Å². The molecular weight excluding hydrogens is 661 g/mol. The van der Waals surface area contributed by atoms with Gasteiger partial charge in [-0.1, -0.05) is 179 Å². The van der Waals surface area contributed by atoms with E-state index in [1.807, 2.05) is 0 Å². The number of aliphatic carboxylic acids is 1. The predicted octanol–water partition coefficient (Wildman–Crippen LogP) is 12.6. The summed E-state index contributed by atoms with van der Waals surface area (Å²) in [5.74, 6) is -1.29. The van der Waals surface area contributed by atoms with Gasteiger partial charge >= 0.3 is 11.9 Å². The van der Waals surface area contributed by atoms with Gasteiger partial charge in [0.15, 0.2) is 0 Å². The molecule has 53 heavy (non-hydrogen) atoms. The Morgan fingerprint density at radius 2 is 1.02 bits per heavy atom. The van der Waals surface area contributed by atoms with Crippen LogP contribution in [0.4, 0.5) is 0 Å². The van der Waals surface area contributed by atoms with E-state index in [9.17, 15) is 19.5 Å². The van der Waals surface area contributed by atoms with Crippen LogP contribution in [0.2, 0.25) is 0 Å². The molecule has 0 rings (SSSR count). The summed E-state index contributed by atoms with van der Waals surface area (Å²) in [6.07, 6.45) is 48.0. The molecule has 0 aromatic carbocycles. The number of ether oxygens (including phenoxy) is 1. The van der Waals surface area contributed by atoms with E-state index >= 15 is 0 Å². The van der Waals surface area contributed by atoms with Crippen molar-refractivity contribution in [1.82, 2.24) is 5.32 Å². The fourth-order valence-electron chi connectivity index (χ4n) is 6.62. The molecular formula is C46H84N2O5. The highest BCUT2D eigenvalue weighted by atomic mass is 16.5. The maximum atomic E-state index is 12.7. The lowest BCUT2D eigenvalue weighted by atomic mass is 10.0. The Hall–Kier alpha value is -2.41. The SMILES string of the molecule is CC/C=C\C/C=C\C/C=C\C(CCCCCCCCC(=O)NC(CCCN)C(=O)O)OC(=O)CCCCCCCCCCCCCCCCCCCC. The maximum Gasteiger partial charge on any atom is 0.326 e. The first-order valence-electron chi connectivity index (χ1n) is 22.3. The second-order valence-electron chi connectivity index (χ2n) is 15.1. The zero-order chi connectivity index (χ0) is 38.9. The molecule has 4 N–H and O–H groups in total. The van der Waals surface area contributed by atoms with Crippen molar-refractivity contribution < 1.29 is 24.2 Å². The second-order valence-corrected chi connectivity index (χ2v) is 15.1. The fourth-order valence-corrected chi connectivity index (χ4v) is 6.62. The highest BCUT2D eigenvalue weighted by molar-refractivity contribution is 5.83. The smallest absolute Gasteiger partial charge is 0.326 e. The van der Waals surface area contributed by atoms with Crippen LogP contribution in [0.5, 0.6) is 0 Å². The van der Waals surface area contributed by atoms with Gasteiger partial charge in [-0.2, -0.15) is 0 Å². The number of rotatable bonds is 40. The molecule has 7 nitrogen and oxygen atoms in total. The number of amides is 1. The first kappa shape index (κ1) is 50.6. The van der Waals surface area contributed by atoms with Gasteiger partial charge in [0.05, 0.1) is 0 Å². The minimum Gasteiger partial charge on any atom is -0.480 e. The highest BCUT2D eigenvalue weighted by Gasteiger charge is 2.18. The maximum absolute atomic E-state index is 12.7. The van der Waals surface area contributed by atoms with E-state index in [1.165, 1.54) is 103 Å². The molecule has 7 heteroatoms. The van der Waals surface area contributed by atoms with Crippen molar-refractivity contribution in [2.45, 2.75) is 231 Å². The van der Waals surface area contributed by atoms with Crippen LogP contribution >= 0.6 is 0 Å². The highest BCUT2D eigenvalue weighted by Crippen LogP contribution is 2.17. The lowest BCUT2D eigenvalue weighted by Gasteiger charge is -2.15. The van der Waals surface area contributed by atoms with Crippen LogP contribution in [-0.2, 0) is 19.1 Å². The molecule has 0 bridgehead atoms. The number of carboxylic acids is 1. The third-order valence-electron chi connectivity index (χ3n) is 9.95. The van der Waals surface area contributed by atoms with Crippen molar-refractivity contribution in [2.75, 3.05) is 6.54 Å².